The number of aromatic nitrogens is 7. The fourth-order valence-corrected chi connectivity index (χ4v) is 4.16. The summed E-state index contributed by atoms with van der Waals surface area (Å²) in [6, 6.07) is 4.28. The van der Waals surface area contributed by atoms with Crippen LogP contribution in [-0.2, 0) is 4.74 Å². The van der Waals surface area contributed by atoms with Gasteiger partial charge in [0.25, 0.3) is 0 Å². The van der Waals surface area contributed by atoms with Crippen LogP contribution in [0.25, 0.3) is 27.3 Å². The number of hydrogen-bond acceptors (Lipinski definition) is 8. The molecule has 0 spiro atoms. The maximum Gasteiger partial charge on any atom is 0.131 e. The Morgan fingerprint density at radius 2 is 2.26 bits per heavy atom. The van der Waals surface area contributed by atoms with Crippen LogP contribution in [0.4, 0.5) is 5.82 Å². The number of morpholine rings is 1. The lowest BCUT2D eigenvalue weighted by atomic mass is 10.2. The quantitative estimate of drug-likeness (QED) is 0.580. The Bertz CT molecular complexity index is 1090. The highest BCUT2D eigenvalue weighted by atomic mass is 32.1. The largest absolute Gasteiger partial charge is 0.377 e. The van der Waals surface area contributed by atoms with Crippen LogP contribution in [0.15, 0.2) is 24.5 Å². The Kier molecular flexibility index (Phi) is 3.87. The van der Waals surface area contributed by atoms with E-state index in [9.17, 15) is 0 Å². The number of anilines is 1. The standard InChI is InChI=1S/C17H18N8OS/c1-10-7-12(21-20-10)15-16-17(27-22-15)13(25-4-3-18-23-25)8-14(19-16)24-5-6-26-9-11(24)2/h3-4,7-8,11H,5-6,9H2,1-2H3,(H,20,21)/t11-/m1/s1. The zero-order valence-corrected chi connectivity index (χ0v) is 15.8. The molecule has 9 nitrogen and oxygen atoms in total. The second-order valence-corrected chi connectivity index (χ2v) is 7.38. The average Bonchev–Trinajstić information content (AvgIpc) is 3.41. The summed E-state index contributed by atoms with van der Waals surface area (Å²) in [7, 11) is 0. The van der Waals surface area contributed by atoms with Crippen LogP contribution >= 0.6 is 11.5 Å². The number of hydrogen-bond donors (Lipinski definition) is 1. The Labute approximate surface area is 159 Å². The SMILES string of the molecule is Cc1cc(-c2nsc3c(-n4ccnn4)cc(N4CCOC[C@H]4C)nc23)n[nH]1. The van der Waals surface area contributed by atoms with Gasteiger partial charge in [0.05, 0.1) is 37.3 Å². The number of pyridine rings is 1. The molecule has 4 aromatic heterocycles. The second kappa shape index (κ2) is 6.39. The molecule has 1 saturated heterocycles. The summed E-state index contributed by atoms with van der Waals surface area (Å²) in [5.41, 5.74) is 4.31. The van der Waals surface area contributed by atoms with Crippen LogP contribution in [0.1, 0.15) is 12.6 Å². The zero-order chi connectivity index (χ0) is 18.4. The summed E-state index contributed by atoms with van der Waals surface area (Å²) < 4.78 is 12.9. The monoisotopic (exact) mass is 382 g/mol. The molecule has 0 bridgehead atoms. The van der Waals surface area contributed by atoms with Gasteiger partial charge in [0.15, 0.2) is 0 Å². The molecule has 4 aromatic rings. The van der Waals surface area contributed by atoms with Gasteiger partial charge in [-0.05, 0) is 31.4 Å². The minimum atomic E-state index is 0.245. The third-order valence-electron chi connectivity index (χ3n) is 4.67. The molecule has 1 fully saturated rings. The number of aryl methyl sites for hydroxylation is 1. The molecule has 0 aromatic carbocycles. The topological polar surface area (TPSA) is 97.6 Å². The first-order valence-corrected chi connectivity index (χ1v) is 9.52. The molecule has 0 unspecified atom stereocenters. The summed E-state index contributed by atoms with van der Waals surface area (Å²) >= 11 is 1.40. The lowest BCUT2D eigenvalue weighted by molar-refractivity contribution is 0.0986. The van der Waals surface area contributed by atoms with Crippen molar-refractivity contribution in [2.45, 2.75) is 19.9 Å². The van der Waals surface area contributed by atoms with Gasteiger partial charge in [-0.2, -0.15) is 9.47 Å². The van der Waals surface area contributed by atoms with Gasteiger partial charge in [-0.1, -0.05) is 5.21 Å². The molecule has 0 amide bonds. The lowest BCUT2D eigenvalue weighted by Crippen LogP contribution is -2.44. The van der Waals surface area contributed by atoms with Crippen LogP contribution in [0.3, 0.4) is 0 Å². The van der Waals surface area contributed by atoms with Crippen molar-refractivity contribution < 1.29 is 4.74 Å². The number of H-pyrrole nitrogens is 1. The number of ether oxygens (including phenoxy) is 1. The van der Waals surface area contributed by atoms with E-state index in [0.717, 1.165) is 45.3 Å². The Hall–Kier alpha value is -2.85. The van der Waals surface area contributed by atoms with Gasteiger partial charge in [0.2, 0.25) is 0 Å². The van der Waals surface area contributed by atoms with E-state index in [1.54, 1.807) is 10.9 Å². The Morgan fingerprint density at radius 3 is 3.00 bits per heavy atom. The van der Waals surface area contributed by atoms with Crippen molar-refractivity contribution in [3.05, 3.63) is 30.2 Å². The van der Waals surface area contributed by atoms with Gasteiger partial charge in [0.1, 0.15) is 27.4 Å². The van der Waals surface area contributed by atoms with Gasteiger partial charge in [-0.3, -0.25) is 5.10 Å². The van der Waals surface area contributed by atoms with Crippen molar-refractivity contribution in [3.63, 3.8) is 0 Å². The lowest BCUT2D eigenvalue weighted by Gasteiger charge is -2.34. The summed E-state index contributed by atoms with van der Waals surface area (Å²) in [4.78, 5) is 7.23. The van der Waals surface area contributed by atoms with Gasteiger partial charge in [0, 0.05) is 18.3 Å². The summed E-state index contributed by atoms with van der Waals surface area (Å²) in [6.45, 7) is 6.29. The van der Waals surface area contributed by atoms with Gasteiger partial charge in [-0.15, -0.1) is 5.10 Å². The van der Waals surface area contributed by atoms with Crippen molar-refractivity contribution in [3.8, 4) is 17.1 Å². The van der Waals surface area contributed by atoms with Crippen molar-refractivity contribution >= 4 is 27.6 Å². The van der Waals surface area contributed by atoms with Crippen LogP contribution in [0, 0.1) is 6.92 Å². The molecule has 10 heteroatoms. The maximum atomic E-state index is 5.58. The minimum absolute atomic E-state index is 0.245. The molecule has 138 valence electrons. The van der Waals surface area contributed by atoms with Crippen molar-refractivity contribution in [2.75, 3.05) is 24.7 Å². The molecule has 5 heterocycles. The predicted molar refractivity (Wildman–Crippen MR) is 102 cm³/mol. The third-order valence-corrected chi connectivity index (χ3v) is 5.53. The van der Waals surface area contributed by atoms with E-state index in [1.807, 2.05) is 19.2 Å². The molecule has 27 heavy (non-hydrogen) atoms. The first-order valence-electron chi connectivity index (χ1n) is 8.74. The highest BCUT2D eigenvalue weighted by Gasteiger charge is 2.24. The molecule has 1 aliphatic heterocycles. The van der Waals surface area contributed by atoms with E-state index < -0.39 is 0 Å². The molecule has 1 N–H and O–H groups in total. The highest BCUT2D eigenvalue weighted by Crippen LogP contribution is 2.35. The van der Waals surface area contributed by atoms with E-state index in [1.165, 1.54) is 11.5 Å². The smallest absolute Gasteiger partial charge is 0.131 e. The van der Waals surface area contributed by atoms with Crippen molar-refractivity contribution in [1.82, 2.24) is 34.5 Å². The fraction of sp³-hybridized carbons (Fsp3) is 0.353. The van der Waals surface area contributed by atoms with Crippen LogP contribution < -0.4 is 4.90 Å². The molecule has 5 rings (SSSR count). The number of aromatic amines is 1. The van der Waals surface area contributed by atoms with Crippen molar-refractivity contribution in [1.29, 1.82) is 0 Å². The van der Waals surface area contributed by atoms with Crippen LogP contribution in [-0.4, -0.2) is 60.3 Å². The second-order valence-electron chi connectivity index (χ2n) is 6.61. The van der Waals surface area contributed by atoms with E-state index in [4.69, 9.17) is 9.72 Å². The molecule has 1 atom stereocenters. The number of fused-ring (bicyclic) bond motifs is 1. The van der Waals surface area contributed by atoms with Crippen LogP contribution in [0.5, 0.6) is 0 Å². The van der Waals surface area contributed by atoms with E-state index in [2.05, 4.69) is 42.8 Å². The number of nitrogens with zero attached hydrogens (tertiary/aromatic N) is 7. The molecular weight excluding hydrogens is 364 g/mol. The number of rotatable bonds is 3. The van der Waals surface area contributed by atoms with Crippen molar-refractivity contribution in [2.24, 2.45) is 0 Å². The maximum absolute atomic E-state index is 5.58. The average molecular weight is 382 g/mol. The summed E-state index contributed by atoms with van der Waals surface area (Å²) in [5.74, 6) is 0.887. The fourth-order valence-electron chi connectivity index (χ4n) is 3.32. The van der Waals surface area contributed by atoms with E-state index >= 15 is 0 Å². The van der Waals surface area contributed by atoms with Gasteiger partial charge in [-0.25, -0.2) is 9.67 Å². The molecule has 1 aliphatic rings. The predicted octanol–water partition coefficient (Wildman–Crippen LogP) is 2.20. The zero-order valence-electron chi connectivity index (χ0n) is 15.0. The minimum Gasteiger partial charge on any atom is -0.377 e. The molecular formula is C17H18N8OS. The van der Waals surface area contributed by atoms with Gasteiger partial charge < -0.3 is 9.64 Å². The van der Waals surface area contributed by atoms with Gasteiger partial charge >= 0.3 is 0 Å². The number of nitrogens with one attached hydrogen (secondary N) is 1. The molecule has 0 radical (unpaired) electrons. The first kappa shape index (κ1) is 16.3. The van der Waals surface area contributed by atoms with Crippen LogP contribution in [0.2, 0.25) is 0 Å². The first-order chi connectivity index (χ1) is 13.2. The molecule has 0 saturated carbocycles. The third kappa shape index (κ3) is 2.77. The Balaban J connectivity index is 1.73. The normalized spacial score (nSPS) is 17.7. The van der Waals surface area contributed by atoms with E-state index in [-0.39, 0.29) is 6.04 Å². The summed E-state index contributed by atoms with van der Waals surface area (Å²) in [6.07, 6.45) is 3.50. The summed E-state index contributed by atoms with van der Waals surface area (Å²) in [5, 5.41) is 15.5. The highest BCUT2D eigenvalue weighted by molar-refractivity contribution is 7.14. The van der Waals surface area contributed by atoms with E-state index in [0.29, 0.717) is 13.2 Å². The Morgan fingerprint density at radius 1 is 1.33 bits per heavy atom. The molecule has 0 aliphatic carbocycles.